The first-order valence-corrected chi connectivity index (χ1v) is 7.61. The molecule has 2 unspecified atom stereocenters. The predicted octanol–water partition coefficient (Wildman–Crippen LogP) is 2.42. The summed E-state index contributed by atoms with van der Waals surface area (Å²) in [6, 6.07) is 0.527. The lowest BCUT2D eigenvalue weighted by Gasteiger charge is -2.36. The highest BCUT2D eigenvalue weighted by Gasteiger charge is 2.24. The first kappa shape index (κ1) is 14.5. The molecule has 0 radical (unpaired) electrons. The summed E-state index contributed by atoms with van der Waals surface area (Å²) in [5, 5.41) is 9.64. The maximum Gasteiger partial charge on any atom is 0.0948 e. The van der Waals surface area contributed by atoms with E-state index >= 15 is 0 Å². The van der Waals surface area contributed by atoms with Crippen LogP contribution < -0.4 is 0 Å². The van der Waals surface area contributed by atoms with Crippen LogP contribution in [0.1, 0.15) is 51.6 Å². The van der Waals surface area contributed by atoms with Gasteiger partial charge in [0.2, 0.25) is 0 Å². The Morgan fingerprint density at radius 3 is 3.05 bits per heavy atom. The van der Waals surface area contributed by atoms with E-state index in [4.69, 9.17) is 0 Å². The third-order valence-corrected chi connectivity index (χ3v) is 3.99. The second-order valence-corrected chi connectivity index (χ2v) is 5.78. The number of nitrogens with zero attached hydrogens (tertiary/aromatic N) is 3. The van der Waals surface area contributed by atoms with Crippen molar-refractivity contribution in [1.29, 1.82) is 0 Å². The van der Waals surface area contributed by atoms with Crippen molar-refractivity contribution in [3.05, 3.63) is 18.2 Å². The number of aliphatic hydroxyl groups excluding tert-OH is 1. The smallest absolute Gasteiger partial charge is 0.0948 e. The minimum Gasteiger partial charge on any atom is -0.393 e. The molecule has 0 aromatic carbocycles. The summed E-state index contributed by atoms with van der Waals surface area (Å²) >= 11 is 0. The van der Waals surface area contributed by atoms with Crippen molar-refractivity contribution in [3.63, 3.8) is 0 Å². The van der Waals surface area contributed by atoms with E-state index in [1.54, 1.807) is 0 Å². The first-order chi connectivity index (χ1) is 9.20. The quantitative estimate of drug-likeness (QED) is 0.859. The first-order valence-electron chi connectivity index (χ1n) is 7.61. The Hall–Kier alpha value is -0.870. The summed E-state index contributed by atoms with van der Waals surface area (Å²) in [7, 11) is 0. The van der Waals surface area contributed by atoms with Crippen LogP contribution in [0.3, 0.4) is 0 Å². The van der Waals surface area contributed by atoms with E-state index in [0.29, 0.717) is 6.04 Å². The molecule has 4 heteroatoms. The molecule has 1 N–H and O–H groups in total. The standard InChI is InChI=1S/C15H27N3O/c1-3-7-18-12-16-10-15(18)11-17-8-5-4-6-14(17)9-13(2)19/h10,12-14,19H,3-9,11H2,1-2H3. The molecule has 2 rings (SSSR count). The van der Waals surface area contributed by atoms with Crippen LogP contribution in [0.25, 0.3) is 0 Å². The topological polar surface area (TPSA) is 41.3 Å². The van der Waals surface area contributed by atoms with E-state index in [1.165, 1.54) is 25.0 Å². The molecule has 0 aliphatic carbocycles. The minimum atomic E-state index is -0.203. The van der Waals surface area contributed by atoms with Crippen LogP contribution in [-0.4, -0.2) is 38.2 Å². The van der Waals surface area contributed by atoms with Crippen molar-refractivity contribution < 1.29 is 5.11 Å². The van der Waals surface area contributed by atoms with Crippen molar-refractivity contribution in [3.8, 4) is 0 Å². The van der Waals surface area contributed by atoms with E-state index in [2.05, 4.69) is 21.4 Å². The number of aromatic nitrogens is 2. The fraction of sp³-hybridized carbons (Fsp3) is 0.800. The molecule has 1 aliphatic rings. The number of aryl methyl sites for hydroxylation is 1. The molecule has 0 spiro atoms. The zero-order chi connectivity index (χ0) is 13.7. The van der Waals surface area contributed by atoms with Crippen molar-refractivity contribution in [2.75, 3.05) is 6.54 Å². The molecule has 1 aliphatic heterocycles. The molecule has 1 saturated heterocycles. The molecule has 0 amide bonds. The SMILES string of the molecule is CCCn1cncc1CN1CCCCC1CC(C)O. The van der Waals surface area contributed by atoms with Gasteiger partial charge in [0.1, 0.15) is 0 Å². The van der Waals surface area contributed by atoms with Crippen LogP contribution in [0.5, 0.6) is 0 Å². The number of rotatable bonds is 6. The number of hydrogen-bond acceptors (Lipinski definition) is 3. The van der Waals surface area contributed by atoms with Gasteiger partial charge in [-0.05, 0) is 39.2 Å². The Kier molecular flexibility index (Phi) is 5.40. The highest BCUT2D eigenvalue weighted by molar-refractivity contribution is 4.99. The largest absolute Gasteiger partial charge is 0.393 e. The van der Waals surface area contributed by atoms with E-state index in [-0.39, 0.29) is 6.10 Å². The predicted molar refractivity (Wildman–Crippen MR) is 76.9 cm³/mol. The van der Waals surface area contributed by atoms with Crippen molar-refractivity contribution in [1.82, 2.24) is 14.5 Å². The molecule has 19 heavy (non-hydrogen) atoms. The highest BCUT2D eigenvalue weighted by Crippen LogP contribution is 2.23. The number of aliphatic hydroxyl groups is 1. The minimum absolute atomic E-state index is 0.203. The Morgan fingerprint density at radius 2 is 2.32 bits per heavy atom. The monoisotopic (exact) mass is 265 g/mol. The van der Waals surface area contributed by atoms with Crippen LogP contribution in [0, 0.1) is 0 Å². The Bertz CT molecular complexity index is 375. The summed E-state index contributed by atoms with van der Waals surface area (Å²) in [4.78, 5) is 6.81. The molecule has 2 heterocycles. The van der Waals surface area contributed by atoms with Crippen molar-refractivity contribution >= 4 is 0 Å². The summed E-state index contributed by atoms with van der Waals surface area (Å²) in [6.07, 6.45) is 9.54. The van der Waals surface area contributed by atoms with Crippen LogP contribution >= 0.6 is 0 Å². The van der Waals surface area contributed by atoms with Gasteiger partial charge in [0.25, 0.3) is 0 Å². The Morgan fingerprint density at radius 1 is 1.47 bits per heavy atom. The van der Waals surface area contributed by atoms with Gasteiger partial charge < -0.3 is 9.67 Å². The van der Waals surface area contributed by atoms with Crippen LogP contribution in [-0.2, 0) is 13.1 Å². The number of hydrogen-bond donors (Lipinski definition) is 1. The number of likely N-dealkylation sites (tertiary alicyclic amines) is 1. The normalized spacial score (nSPS) is 22.6. The van der Waals surface area contributed by atoms with Gasteiger partial charge >= 0.3 is 0 Å². The van der Waals surface area contributed by atoms with Gasteiger partial charge in [-0.2, -0.15) is 0 Å². The fourth-order valence-corrected chi connectivity index (χ4v) is 3.06. The molecular weight excluding hydrogens is 238 g/mol. The molecule has 4 nitrogen and oxygen atoms in total. The maximum atomic E-state index is 9.64. The van der Waals surface area contributed by atoms with E-state index < -0.39 is 0 Å². The van der Waals surface area contributed by atoms with Gasteiger partial charge in [-0.25, -0.2) is 4.98 Å². The summed E-state index contributed by atoms with van der Waals surface area (Å²) in [6.45, 7) is 7.26. The van der Waals surface area contributed by atoms with E-state index in [1.807, 2.05) is 19.4 Å². The molecule has 1 aromatic heterocycles. The Labute approximate surface area is 116 Å². The summed E-state index contributed by atoms with van der Waals surface area (Å²) in [5.41, 5.74) is 1.30. The zero-order valence-electron chi connectivity index (χ0n) is 12.3. The van der Waals surface area contributed by atoms with Crippen molar-refractivity contribution in [2.45, 2.75) is 71.2 Å². The molecule has 0 saturated carbocycles. The lowest BCUT2D eigenvalue weighted by atomic mass is 9.97. The van der Waals surface area contributed by atoms with Gasteiger partial charge in [0.15, 0.2) is 0 Å². The second kappa shape index (κ2) is 7.06. The number of imidazole rings is 1. The lowest BCUT2D eigenvalue weighted by Crippen LogP contribution is -2.41. The van der Waals surface area contributed by atoms with Crippen molar-refractivity contribution in [2.24, 2.45) is 0 Å². The molecule has 1 fully saturated rings. The van der Waals surface area contributed by atoms with Gasteiger partial charge in [-0.3, -0.25) is 4.90 Å². The van der Waals surface area contributed by atoms with E-state index in [9.17, 15) is 5.11 Å². The van der Waals surface area contributed by atoms with Gasteiger partial charge in [-0.1, -0.05) is 13.3 Å². The zero-order valence-corrected chi connectivity index (χ0v) is 12.3. The average molecular weight is 265 g/mol. The highest BCUT2D eigenvalue weighted by atomic mass is 16.3. The molecular formula is C15H27N3O. The molecule has 0 bridgehead atoms. The van der Waals surface area contributed by atoms with Gasteiger partial charge in [-0.15, -0.1) is 0 Å². The van der Waals surface area contributed by atoms with Gasteiger partial charge in [0, 0.05) is 25.3 Å². The average Bonchev–Trinajstić information content (AvgIpc) is 2.79. The maximum absolute atomic E-state index is 9.64. The summed E-state index contributed by atoms with van der Waals surface area (Å²) in [5.74, 6) is 0. The fourth-order valence-electron chi connectivity index (χ4n) is 3.06. The third kappa shape index (κ3) is 4.05. The third-order valence-electron chi connectivity index (χ3n) is 3.99. The molecule has 108 valence electrons. The molecule has 2 atom stereocenters. The second-order valence-electron chi connectivity index (χ2n) is 5.78. The van der Waals surface area contributed by atoms with Crippen LogP contribution in [0.15, 0.2) is 12.5 Å². The number of piperidine rings is 1. The molecule has 1 aromatic rings. The van der Waals surface area contributed by atoms with Gasteiger partial charge in [0.05, 0.1) is 18.1 Å². The lowest BCUT2D eigenvalue weighted by molar-refractivity contribution is 0.0801. The Balaban J connectivity index is 2.00. The van der Waals surface area contributed by atoms with Crippen LogP contribution in [0.4, 0.5) is 0 Å². The van der Waals surface area contributed by atoms with Crippen LogP contribution in [0.2, 0.25) is 0 Å². The van der Waals surface area contributed by atoms with E-state index in [0.717, 1.165) is 32.5 Å². The summed E-state index contributed by atoms with van der Waals surface area (Å²) < 4.78 is 2.26.